The van der Waals surface area contributed by atoms with E-state index in [0.717, 1.165) is 31.2 Å². The van der Waals surface area contributed by atoms with Crippen molar-refractivity contribution in [2.75, 3.05) is 12.4 Å². The van der Waals surface area contributed by atoms with Gasteiger partial charge >= 0.3 is 0 Å². The van der Waals surface area contributed by atoms with Crippen LogP contribution in [0.15, 0.2) is 18.2 Å². The summed E-state index contributed by atoms with van der Waals surface area (Å²) in [5.74, 6) is 0. The Morgan fingerprint density at radius 1 is 1.35 bits per heavy atom. The summed E-state index contributed by atoms with van der Waals surface area (Å²) in [6, 6.07) is 5.63. The van der Waals surface area contributed by atoms with Crippen LogP contribution in [-0.2, 0) is 6.54 Å². The number of benzene rings is 1. The molecule has 1 aliphatic rings. The highest BCUT2D eigenvalue weighted by molar-refractivity contribution is 5.62. The number of nitrogens with one attached hydrogen (secondary N) is 2. The second-order valence-electron chi connectivity index (χ2n) is 5.24. The van der Waals surface area contributed by atoms with Crippen LogP contribution < -0.4 is 10.6 Å². The molecule has 1 fully saturated rings. The highest BCUT2D eigenvalue weighted by Gasteiger charge is 2.19. The van der Waals surface area contributed by atoms with Crippen molar-refractivity contribution in [3.63, 3.8) is 0 Å². The van der Waals surface area contributed by atoms with Crippen molar-refractivity contribution in [2.24, 2.45) is 0 Å². The van der Waals surface area contributed by atoms with Crippen LogP contribution in [0.25, 0.3) is 0 Å². The van der Waals surface area contributed by atoms with E-state index < -0.39 is 0 Å². The third-order valence-corrected chi connectivity index (χ3v) is 3.82. The van der Waals surface area contributed by atoms with Gasteiger partial charge in [-0.05, 0) is 37.3 Å². The van der Waals surface area contributed by atoms with E-state index in [1.54, 1.807) is 19.2 Å². The number of anilines is 1. The van der Waals surface area contributed by atoms with Gasteiger partial charge in [-0.3, -0.25) is 10.1 Å². The zero-order valence-corrected chi connectivity index (χ0v) is 11.6. The molecule has 0 heterocycles. The van der Waals surface area contributed by atoms with Crippen LogP contribution in [0.2, 0.25) is 0 Å². The number of aliphatic hydroxyl groups excluding tert-OH is 1. The Balaban J connectivity index is 1.96. The largest absolute Gasteiger partial charge is 0.393 e. The Labute approximate surface area is 118 Å². The first-order valence-corrected chi connectivity index (χ1v) is 6.96. The van der Waals surface area contributed by atoms with Crippen molar-refractivity contribution in [3.05, 3.63) is 33.9 Å². The van der Waals surface area contributed by atoms with E-state index in [-0.39, 0.29) is 16.7 Å². The zero-order chi connectivity index (χ0) is 14.5. The molecular weight excluding hydrogens is 258 g/mol. The summed E-state index contributed by atoms with van der Waals surface area (Å²) in [6.45, 7) is 0.617. The normalized spacial score (nSPS) is 22.5. The lowest BCUT2D eigenvalue weighted by Gasteiger charge is -2.26. The van der Waals surface area contributed by atoms with E-state index in [2.05, 4.69) is 10.6 Å². The smallest absolute Gasteiger partial charge is 0.292 e. The van der Waals surface area contributed by atoms with Gasteiger partial charge in [-0.2, -0.15) is 0 Å². The Hall–Kier alpha value is -1.66. The van der Waals surface area contributed by atoms with E-state index in [9.17, 15) is 15.2 Å². The number of aliphatic hydroxyl groups is 1. The average molecular weight is 279 g/mol. The Bertz CT molecular complexity index is 471. The molecule has 1 aromatic carbocycles. The van der Waals surface area contributed by atoms with E-state index in [0.29, 0.717) is 18.3 Å². The lowest BCUT2D eigenvalue weighted by molar-refractivity contribution is -0.384. The molecule has 3 N–H and O–H groups in total. The van der Waals surface area contributed by atoms with E-state index in [1.807, 2.05) is 6.07 Å². The number of nitrogens with zero attached hydrogens (tertiary/aromatic N) is 1. The van der Waals surface area contributed by atoms with Crippen LogP contribution in [0, 0.1) is 10.1 Å². The molecule has 20 heavy (non-hydrogen) atoms. The molecule has 0 radical (unpaired) electrons. The van der Waals surface area contributed by atoms with Crippen LogP contribution >= 0.6 is 0 Å². The van der Waals surface area contributed by atoms with Crippen LogP contribution in [0.5, 0.6) is 0 Å². The van der Waals surface area contributed by atoms with Crippen LogP contribution in [0.1, 0.15) is 31.2 Å². The monoisotopic (exact) mass is 279 g/mol. The highest BCUT2D eigenvalue weighted by atomic mass is 16.6. The molecule has 0 amide bonds. The molecular formula is C14H21N3O3. The van der Waals surface area contributed by atoms with Gasteiger partial charge in [0.2, 0.25) is 0 Å². The minimum atomic E-state index is -0.369. The molecule has 2 rings (SSSR count). The van der Waals surface area contributed by atoms with Gasteiger partial charge in [0.15, 0.2) is 0 Å². The maximum Gasteiger partial charge on any atom is 0.292 e. The first-order valence-electron chi connectivity index (χ1n) is 6.96. The predicted molar refractivity (Wildman–Crippen MR) is 77.7 cm³/mol. The number of hydrogen-bond acceptors (Lipinski definition) is 5. The molecule has 0 spiro atoms. The fourth-order valence-corrected chi connectivity index (χ4v) is 2.59. The Kier molecular flexibility index (Phi) is 4.92. The molecule has 1 aliphatic carbocycles. The number of nitro groups is 1. The van der Waals surface area contributed by atoms with E-state index in [1.165, 1.54) is 0 Å². The molecule has 0 unspecified atom stereocenters. The maximum absolute atomic E-state index is 11.0. The second-order valence-corrected chi connectivity index (χ2v) is 5.24. The lowest BCUT2D eigenvalue weighted by Crippen LogP contribution is -2.34. The summed E-state index contributed by atoms with van der Waals surface area (Å²) >= 11 is 0. The van der Waals surface area contributed by atoms with Gasteiger partial charge in [0.1, 0.15) is 5.69 Å². The predicted octanol–water partition coefficient (Wildman–Crippen LogP) is 2.03. The van der Waals surface area contributed by atoms with Crippen LogP contribution in [0.3, 0.4) is 0 Å². The SMILES string of the molecule is CNc1ccc(CNC2CCC(O)CC2)cc1[N+](=O)[O-]. The number of rotatable bonds is 5. The van der Waals surface area contributed by atoms with Crippen molar-refractivity contribution in [2.45, 2.75) is 44.4 Å². The molecule has 6 nitrogen and oxygen atoms in total. The van der Waals surface area contributed by atoms with E-state index >= 15 is 0 Å². The minimum absolute atomic E-state index is 0.103. The van der Waals surface area contributed by atoms with Crippen LogP contribution in [-0.4, -0.2) is 29.2 Å². The van der Waals surface area contributed by atoms with Crippen LogP contribution in [0.4, 0.5) is 11.4 Å². The zero-order valence-electron chi connectivity index (χ0n) is 11.6. The third-order valence-electron chi connectivity index (χ3n) is 3.82. The van der Waals surface area contributed by atoms with Gasteiger partial charge in [0.05, 0.1) is 11.0 Å². The fraction of sp³-hybridized carbons (Fsp3) is 0.571. The third kappa shape index (κ3) is 3.68. The molecule has 0 saturated heterocycles. The van der Waals surface area contributed by atoms with Gasteiger partial charge < -0.3 is 15.7 Å². The van der Waals surface area contributed by atoms with Crippen molar-refractivity contribution in [3.8, 4) is 0 Å². The molecule has 0 aliphatic heterocycles. The number of nitro benzene ring substituents is 1. The summed E-state index contributed by atoms with van der Waals surface area (Å²) < 4.78 is 0. The summed E-state index contributed by atoms with van der Waals surface area (Å²) in [7, 11) is 1.67. The van der Waals surface area contributed by atoms with Gasteiger partial charge in [-0.25, -0.2) is 0 Å². The molecule has 6 heteroatoms. The van der Waals surface area contributed by atoms with Crippen molar-refractivity contribution < 1.29 is 10.0 Å². The van der Waals surface area contributed by atoms with Gasteiger partial charge in [-0.1, -0.05) is 6.07 Å². The Morgan fingerprint density at radius 3 is 2.65 bits per heavy atom. The minimum Gasteiger partial charge on any atom is -0.393 e. The molecule has 110 valence electrons. The first kappa shape index (κ1) is 14.7. The quantitative estimate of drug-likeness (QED) is 0.567. The van der Waals surface area contributed by atoms with Crippen molar-refractivity contribution >= 4 is 11.4 Å². The van der Waals surface area contributed by atoms with Gasteiger partial charge in [0.25, 0.3) is 5.69 Å². The summed E-state index contributed by atoms with van der Waals surface area (Å²) in [6.07, 6.45) is 3.41. The number of hydrogen-bond donors (Lipinski definition) is 3. The highest BCUT2D eigenvalue weighted by Crippen LogP contribution is 2.25. The standard InChI is InChI=1S/C14H21N3O3/c1-15-13-7-2-10(8-14(13)17(19)20)9-16-11-3-5-12(18)6-4-11/h2,7-8,11-12,15-16,18H,3-6,9H2,1H3. The molecule has 1 saturated carbocycles. The summed E-state index contributed by atoms with van der Waals surface area (Å²) in [4.78, 5) is 10.6. The molecule has 0 atom stereocenters. The molecule has 0 aromatic heterocycles. The average Bonchev–Trinajstić information content (AvgIpc) is 2.46. The lowest BCUT2D eigenvalue weighted by atomic mass is 9.93. The fourth-order valence-electron chi connectivity index (χ4n) is 2.59. The van der Waals surface area contributed by atoms with E-state index in [4.69, 9.17) is 0 Å². The first-order chi connectivity index (χ1) is 9.60. The van der Waals surface area contributed by atoms with Gasteiger partial charge in [-0.15, -0.1) is 0 Å². The molecule has 0 bridgehead atoms. The Morgan fingerprint density at radius 2 is 2.05 bits per heavy atom. The molecule has 1 aromatic rings. The van der Waals surface area contributed by atoms with Crippen molar-refractivity contribution in [1.29, 1.82) is 0 Å². The summed E-state index contributed by atoms with van der Waals surface area (Å²) in [5.41, 5.74) is 1.53. The summed E-state index contributed by atoms with van der Waals surface area (Å²) in [5, 5.41) is 26.7. The maximum atomic E-state index is 11.0. The second kappa shape index (κ2) is 6.67. The van der Waals surface area contributed by atoms with Crippen molar-refractivity contribution in [1.82, 2.24) is 5.32 Å². The topological polar surface area (TPSA) is 87.4 Å². The van der Waals surface area contributed by atoms with Gasteiger partial charge in [0, 0.05) is 25.7 Å².